The average Bonchev–Trinajstić information content (AvgIpc) is 2.39. The number of methoxy groups -OCH3 is 1. The van der Waals surface area contributed by atoms with Crippen molar-refractivity contribution in [2.24, 2.45) is 5.73 Å². The maximum absolute atomic E-state index is 11.6. The van der Waals surface area contributed by atoms with E-state index in [1.165, 1.54) is 7.11 Å². The molecule has 7 heteroatoms. The Morgan fingerprint density at radius 3 is 2.47 bits per heavy atom. The molecule has 1 aromatic carbocycles. The molecule has 0 aliphatic heterocycles. The minimum atomic E-state index is -1.05. The lowest BCUT2D eigenvalue weighted by Gasteiger charge is -2.13. The molecule has 4 N–H and O–H groups in total. The molecule has 1 amide bonds. The average molecular weight is 268 g/mol. The second kappa shape index (κ2) is 7.34. The number of ether oxygens (including phenoxy) is 2. The topological polar surface area (TPSA) is 111 Å². The van der Waals surface area contributed by atoms with Crippen LogP contribution < -0.4 is 15.8 Å². The first-order chi connectivity index (χ1) is 9.06. The lowest BCUT2D eigenvalue weighted by Crippen LogP contribution is -2.35. The molecule has 1 atom stereocenters. The van der Waals surface area contributed by atoms with Crippen LogP contribution in [0.2, 0.25) is 0 Å². The van der Waals surface area contributed by atoms with Gasteiger partial charge in [-0.25, -0.2) is 4.79 Å². The Hall–Kier alpha value is -2.12. The lowest BCUT2D eigenvalue weighted by molar-refractivity contribution is -0.139. The number of nitrogens with two attached hydrogens (primary N) is 1. The van der Waals surface area contributed by atoms with E-state index in [4.69, 9.17) is 20.3 Å². The van der Waals surface area contributed by atoms with Crippen LogP contribution in [-0.4, -0.2) is 43.3 Å². The van der Waals surface area contributed by atoms with Crippen LogP contribution in [0.1, 0.15) is 0 Å². The smallest absolute Gasteiger partial charge is 0.341 e. The second-order valence-electron chi connectivity index (χ2n) is 3.66. The molecular formula is C12H16N2O5. The third kappa shape index (κ3) is 4.94. The van der Waals surface area contributed by atoms with Crippen LogP contribution in [0.3, 0.4) is 0 Å². The van der Waals surface area contributed by atoms with Gasteiger partial charge in [-0.1, -0.05) is 0 Å². The quantitative estimate of drug-likeness (QED) is 0.645. The van der Waals surface area contributed by atoms with Crippen LogP contribution in [-0.2, 0) is 14.3 Å². The van der Waals surface area contributed by atoms with Crippen LogP contribution in [0, 0.1) is 0 Å². The summed E-state index contributed by atoms with van der Waals surface area (Å²) in [6.45, 7) is -0.327. The van der Waals surface area contributed by atoms with E-state index in [-0.39, 0.29) is 12.5 Å². The zero-order valence-electron chi connectivity index (χ0n) is 10.5. The van der Waals surface area contributed by atoms with Crippen molar-refractivity contribution >= 4 is 17.6 Å². The van der Waals surface area contributed by atoms with Crippen LogP contribution in [0.4, 0.5) is 5.69 Å². The van der Waals surface area contributed by atoms with Crippen LogP contribution in [0.15, 0.2) is 24.3 Å². The highest BCUT2D eigenvalue weighted by molar-refractivity contribution is 5.94. The van der Waals surface area contributed by atoms with Crippen LogP contribution in [0.5, 0.6) is 5.75 Å². The van der Waals surface area contributed by atoms with Crippen LogP contribution in [0.25, 0.3) is 0 Å². The molecule has 1 unspecified atom stereocenters. The maximum atomic E-state index is 11.6. The van der Waals surface area contributed by atoms with Crippen molar-refractivity contribution in [3.8, 4) is 5.75 Å². The number of aliphatic carboxylic acids is 1. The molecule has 1 aromatic rings. The van der Waals surface area contributed by atoms with Gasteiger partial charge in [0, 0.05) is 19.3 Å². The number of nitrogens with one attached hydrogen (secondary N) is 1. The standard InChI is InChI=1S/C12H16N2O5/c1-18-10(6-13)12(17)14-8-2-4-9(5-3-8)19-7-11(15)16/h2-5,10H,6-7,13H2,1H3,(H,14,17)(H,15,16). The predicted molar refractivity (Wildman–Crippen MR) is 68.1 cm³/mol. The molecule has 0 saturated carbocycles. The van der Waals surface area contributed by atoms with Gasteiger partial charge in [-0.05, 0) is 24.3 Å². The number of rotatable bonds is 7. The van der Waals surface area contributed by atoms with E-state index in [2.05, 4.69) is 5.32 Å². The molecular weight excluding hydrogens is 252 g/mol. The summed E-state index contributed by atoms with van der Waals surface area (Å²) >= 11 is 0. The van der Waals surface area contributed by atoms with Crippen molar-refractivity contribution < 1.29 is 24.2 Å². The lowest BCUT2D eigenvalue weighted by atomic mass is 10.2. The first-order valence-corrected chi connectivity index (χ1v) is 5.55. The van der Waals surface area contributed by atoms with Crippen molar-refractivity contribution in [1.29, 1.82) is 0 Å². The highest BCUT2D eigenvalue weighted by atomic mass is 16.5. The molecule has 0 aromatic heterocycles. The van der Waals surface area contributed by atoms with E-state index in [0.29, 0.717) is 11.4 Å². The van der Waals surface area contributed by atoms with Gasteiger partial charge in [0.25, 0.3) is 5.91 Å². The zero-order valence-corrected chi connectivity index (χ0v) is 10.5. The number of carboxylic acids is 1. The molecule has 0 saturated heterocycles. The van der Waals surface area contributed by atoms with E-state index >= 15 is 0 Å². The Bertz CT molecular complexity index is 428. The van der Waals surface area contributed by atoms with Crippen molar-refractivity contribution in [3.63, 3.8) is 0 Å². The zero-order chi connectivity index (χ0) is 14.3. The number of hydrogen-bond donors (Lipinski definition) is 3. The Morgan fingerprint density at radius 2 is 2.00 bits per heavy atom. The number of carbonyl (C=O) groups excluding carboxylic acids is 1. The fourth-order valence-electron chi connectivity index (χ4n) is 1.31. The van der Waals surface area contributed by atoms with E-state index in [0.717, 1.165) is 0 Å². The number of hydrogen-bond acceptors (Lipinski definition) is 5. The number of amides is 1. The fraction of sp³-hybridized carbons (Fsp3) is 0.333. The van der Waals surface area contributed by atoms with Crippen molar-refractivity contribution in [1.82, 2.24) is 0 Å². The molecule has 7 nitrogen and oxygen atoms in total. The maximum Gasteiger partial charge on any atom is 0.341 e. The van der Waals surface area contributed by atoms with Crippen molar-refractivity contribution in [2.75, 3.05) is 25.6 Å². The van der Waals surface area contributed by atoms with Crippen LogP contribution >= 0.6 is 0 Å². The molecule has 0 fully saturated rings. The van der Waals surface area contributed by atoms with Crippen molar-refractivity contribution in [2.45, 2.75) is 6.10 Å². The Morgan fingerprint density at radius 1 is 1.37 bits per heavy atom. The summed E-state index contributed by atoms with van der Waals surface area (Å²) in [5.41, 5.74) is 5.91. The summed E-state index contributed by atoms with van der Waals surface area (Å²) < 4.78 is 9.86. The number of anilines is 1. The number of carbonyl (C=O) groups is 2. The Balaban J connectivity index is 2.56. The summed E-state index contributed by atoms with van der Waals surface area (Å²) in [5, 5.41) is 11.1. The molecule has 0 aliphatic rings. The van der Waals surface area contributed by atoms with E-state index in [1.54, 1.807) is 24.3 Å². The van der Waals surface area contributed by atoms with Gasteiger partial charge in [-0.3, -0.25) is 4.79 Å². The van der Waals surface area contributed by atoms with Gasteiger partial charge in [0.15, 0.2) is 6.61 Å². The summed E-state index contributed by atoms with van der Waals surface area (Å²) in [5.74, 6) is -0.991. The number of carboxylic acid groups (broad SMARTS) is 1. The first kappa shape index (κ1) is 14.9. The summed E-state index contributed by atoms with van der Waals surface area (Å²) in [6, 6.07) is 6.31. The van der Waals surface area contributed by atoms with Gasteiger partial charge in [-0.2, -0.15) is 0 Å². The third-order valence-corrected chi connectivity index (χ3v) is 2.28. The molecule has 19 heavy (non-hydrogen) atoms. The highest BCUT2D eigenvalue weighted by Crippen LogP contribution is 2.15. The van der Waals surface area contributed by atoms with Crippen molar-refractivity contribution in [3.05, 3.63) is 24.3 Å². The molecule has 0 heterocycles. The molecule has 0 radical (unpaired) electrons. The van der Waals surface area contributed by atoms with Gasteiger partial charge in [0.2, 0.25) is 0 Å². The van der Waals surface area contributed by atoms with Gasteiger partial charge < -0.3 is 25.6 Å². The summed E-state index contributed by atoms with van der Waals surface area (Å²) in [7, 11) is 1.40. The third-order valence-electron chi connectivity index (χ3n) is 2.28. The normalized spacial score (nSPS) is 11.7. The van der Waals surface area contributed by atoms with Gasteiger partial charge in [0.05, 0.1) is 0 Å². The minimum absolute atomic E-state index is 0.0855. The Labute approximate surface area is 110 Å². The predicted octanol–water partition coefficient (Wildman–Crippen LogP) is 0.0622. The highest BCUT2D eigenvalue weighted by Gasteiger charge is 2.15. The van der Waals surface area contributed by atoms with Gasteiger partial charge in [0.1, 0.15) is 11.9 Å². The number of benzene rings is 1. The largest absolute Gasteiger partial charge is 0.482 e. The molecule has 104 valence electrons. The molecule has 0 spiro atoms. The summed E-state index contributed by atoms with van der Waals surface area (Å²) in [6.07, 6.45) is -0.706. The fourth-order valence-corrected chi connectivity index (χ4v) is 1.31. The molecule has 0 aliphatic carbocycles. The molecule has 0 bridgehead atoms. The molecule has 1 rings (SSSR count). The Kier molecular flexibility index (Phi) is 5.77. The van der Waals surface area contributed by atoms with E-state index < -0.39 is 18.7 Å². The van der Waals surface area contributed by atoms with Gasteiger partial charge >= 0.3 is 5.97 Å². The van der Waals surface area contributed by atoms with Gasteiger partial charge in [-0.15, -0.1) is 0 Å². The second-order valence-corrected chi connectivity index (χ2v) is 3.66. The SMILES string of the molecule is COC(CN)C(=O)Nc1ccc(OCC(=O)O)cc1. The monoisotopic (exact) mass is 268 g/mol. The first-order valence-electron chi connectivity index (χ1n) is 5.55. The van der Waals surface area contributed by atoms with E-state index in [1.807, 2.05) is 0 Å². The van der Waals surface area contributed by atoms with E-state index in [9.17, 15) is 9.59 Å². The summed E-state index contributed by atoms with van der Waals surface area (Å²) in [4.78, 5) is 22.0. The minimum Gasteiger partial charge on any atom is -0.482 e.